The molecule has 2 aliphatic rings. The van der Waals surface area contributed by atoms with E-state index < -0.39 is 0 Å². The standard InChI is InChI=1S/C13H16BrN/c14-13-11-6-7-12(13)15(9-11)8-10-4-2-1-3-5-10/h1-5,11-13H,6-9H2. The molecule has 15 heavy (non-hydrogen) atoms. The molecule has 1 aliphatic heterocycles. The van der Waals surface area contributed by atoms with Crippen molar-refractivity contribution in [2.75, 3.05) is 6.54 Å². The fraction of sp³-hybridized carbons (Fsp3) is 0.538. The number of likely N-dealkylation sites (tertiary alicyclic amines) is 1. The molecule has 0 amide bonds. The summed E-state index contributed by atoms with van der Waals surface area (Å²) in [6.07, 6.45) is 2.80. The molecule has 3 atom stereocenters. The van der Waals surface area contributed by atoms with Crippen LogP contribution in [0, 0.1) is 5.92 Å². The van der Waals surface area contributed by atoms with Crippen LogP contribution in [0.15, 0.2) is 30.3 Å². The first kappa shape index (κ1) is 9.86. The van der Waals surface area contributed by atoms with Crippen LogP contribution in [0.4, 0.5) is 0 Å². The Labute approximate surface area is 99.6 Å². The van der Waals surface area contributed by atoms with E-state index in [-0.39, 0.29) is 0 Å². The number of rotatable bonds is 2. The summed E-state index contributed by atoms with van der Waals surface area (Å²) in [5.74, 6) is 0.902. The summed E-state index contributed by atoms with van der Waals surface area (Å²) >= 11 is 3.84. The maximum Gasteiger partial charge on any atom is 0.0342 e. The summed E-state index contributed by atoms with van der Waals surface area (Å²) in [6, 6.07) is 11.6. The van der Waals surface area contributed by atoms with Crippen LogP contribution in [0.2, 0.25) is 0 Å². The van der Waals surface area contributed by atoms with Crippen LogP contribution >= 0.6 is 15.9 Å². The van der Waals surface area contributed by atoms with Gasteiger partial charge in [0.05, 0.1) is 0 Å². The lowest BCUT2D eigenvalue weighted by atomic mass is 10.1. The van der Waals surface area contributed by atoms with Crippen LogP contribution in [0.25, 0.3) is 0 Å². The number of nitrogens with zero attached hydrogens (tertiary/aromatic N) is 1. The van der Waals surface area contributed by atoms with Gasteiger partial charge in [0.2, 0.25) is 0 Å². The summed E-state index contributed by atoms with van der Waals surface area (Å²) in [5, 5.41) is 0. The number of piperidine rings is 1. The van der Waals surface area contributed by atoms with Gasteiger partial charge in [-0.15, -0.1) is 0 Å². The summed E-state index contributed by atoms with van der Waals surface area (Å²) in [4.78, 5) is 3.39. The van der Waals surface area contributed by atoms with E-state index in [9.17, 15) is 0 Å². The Morgan fingerprint density at radius 2 is 2.00 bits per heavy atom. The summed E-state index contributed by atoms with van der Waals surface area (Å²) in [5.41, 5.74) is 1.45. The van der Waals surface area contributed by atoms with Gasteiger partial charge in [0.15, 0.2) is 0 Å². The van der Waals surface area contributed by atoms with Crippen LogP contribution in [-0.4, -0.2) is 22.3 Å². The van der Waals surface area contributed by atoms with Gasteiger partial charge in [-0.2, -0.15) is 0 Å². The molecule has 0 N–H and O–H groups in total. The quantitative estimate of drug-likeness (QED) is 0.744. The van der Waals surface area contributed by atoms with Gasteiger partial charge in [-0.3, -0.25) is 4.90 Å². The van der Waals surface area contributed by atoms with Crippen LogP contribution in [-0.2, 0) is 6.54 Å². The summed E-state index contributed by atoms with van der Waals surface area (Å²) < 4.78 is 0. The largest absolute Gasteiger partial charge is 0.295 e. The van der Waals surface area contributed by atoms with E-state index in [0.29, 0.717) is 0 Å². The molecule has 1 aromatic rings. The van der Waals surface area contributed by atoms with Crippen molar-refractivity contribution in [1.29, 1.82) is 0 Å². The molecule has 80 valence electrons. The molecule has 0 radical (unpaired) electrons. The van der Waals surface area contributed by atoms with Crippen molar-refractivity contribution in [1.82, 2.24) is 4.90 Å². The van der Waals surface area contributed by atoms with Crippen molar-refractivity contribution < 1.29 is 0 Å². The topological polar surface area (TPSA) is 3.24 Å². The van der Waals surface area contributed by atoms with Crippen molar-refractivity contribution in [2.45, 2.75) is 30.3 Å². The summed E-state index contributed by atoms with van der Waals surface area (Å²) in [7, 11) is 0. The molecule has 1 saturated carbocycles. The van der Waals surface area contributed by atoms with Gasteiger partial charge >= 0.3 is 0 Å². The van der Waals surface area contributed by atoms with Crippen LogP contribution < -0.4 is 0 Å². The van der Waals surface area contributed by atoms with Gasteiger partial charge in [-0.05, 0) is 24.3 Å². The molecule has 1 aromatic carbocycles. The first-order valence-electron chi connectivity index (χ1n) is 5.76. The maximum atomic E-state index is 3.84. The molecular formula is C13H16BrN. The molecule has 2 heteroatoms. The highest BCUT2D eigenvalue weighted by molar-refractivity contribution is 9.09. The zero-order valence-electron chi connectivity index (χ0n) is 8.77. The van der Waals surface area contributed by atoms with E-state index in [2.05, 4.69) is 51.2 Å². The molecule has 1 nitrogen and oxygen atoms in total. The first-order valence-corrected chi connectivity index (χ1v) is 6.68. The Morgan fingerprint density at radius 3 is 2.60 bits per heavy atom. The average molecular weight is 266 g/mol. The van der Waals surface area contributed by atoms with Gasteiger partial charge in [-0.1, -0.05) is 46.3 Å². The number of fused-ring (bicyclic) bond motifs is 2. The number of hydrogen-bond acceptors (Lipinski definition) is 1. The second kappa shape index (κ2) is 3.91. The third-order valence-corrected chi connectivity index (χ3v) is 5.18. The molecule has 2 fully saturated rings. The van der Waals surface area contributed by atoms with E-state index in [1.807, 2.05) is 0 Å². The van der Waals surface area contributed by atoms with Gasteiger partial charge in [-0.25, -0.2) is 0 Å². The van der Waals surface area contributed by atoms with Gasteiger partial charge in [0, 0.05) is 24.0 Å². The van der Waals surface area contributed by atoms with Gasteiger partial charge in [0.1, 0.15) is 0 Å². The number of hydrogen-bond donors (Lipinski definition) is 0. The Balaban J connectivity index is 1.71. The van der Waals surface area contributed by atoms with E-state index >= 15 is 0 Å². The Morgan fingerprint density at radius 1 is 1.20 bits per heavy atom. The lowest BCUT2D eigenvalue weighted by molar-refractivity contribution is 0.206. The van der Waals surface area contributed by atoms with Gasteiger partial charge in [0.25, 0.3) is 0 Å². The second-order valence-corrected chi connectivity index (χ2v) is 5.82. The fourth-order valence-electron chi connectivity index (χ4n) is 3.03. The molecule has 0 aromatic heterocycles. The molecular weight excluding hydrogens is 250 g/mol. The minimum atomic E-state index is 0.751. The fourth-order valence-corrected chi connectivity index (χ4v) is 4.06. The molecule has 3 rings (SSSR count). The average Bonchev–Trinajstić information content (AvgIpc) is 2.75. The third kappa shape index (κ3) is 1.74. The minimum absolute atomic E-state index is 0.751. The molecule has 1 aliphatic carbocycles. The van der Waals surface area contributed by atoms with Crippen molar-refractivity contribution in [3.05, 3.63) is 35.9 Å². The molecule has 2 bridgehead atoms. The molecule has 1 saturated heterocycles. The van der Waals surface area contributed by atoms with Crippen LogP contribution in [0.1, 0.15) is 18.4 Å². The predicted molar refractivity (Wildman–Crippen MR) is 66.1 cm³/mol. The third-order valence-electron chi connectivity index (χ3n) is 3.82. The van der Waals surface area contributed by atoms with Crippen molar-refractivity contribution in [3.63, 3.8) is 0 Å². The number of halogens is 1. The highest BCUT2D eigenvalue weighted by atomic mass is 79.9. The highest BCUT2D eigenvalue weighted by Crippen LogP contribution is 2.42. The lowest BCUT2D eigenvalue weighted by Gasteiger charge is -2.26. The highest BCUT2D eigenvalue weighted by Gasteiger charge is 2.44. The van der Waals surface area contributed by atoms with E-state index in [0.717, 1.165) is 23.3 Å². The SMILES string of the molecule is BrC1C2CCC1N(Cc1ccccc1)C2. The Kier molecular flexibility index (Phi) is 2.57. The second-order valence-electron chi connectivity index (χ2n) is 4.76. The maximum absolute atomic E-state index is 3.84. The zero-order chi connectivity index (χ0) is 10.3. The van der Waals surface area contributed by atoms with Crippen LogP contribution in [0.5, 0.6) is 0 Å². The van der Waals surface area contributed by atoms with E-state index in [1.54, 1.807) is 0 Å². The lowest BCUT2D eigenvalue weighted by Crippen LogP contribution is -2.32. The zero-order valence-corrected chi connectivity index (χ0v) is 10.4. The Hall–Kier alpha value is -0.340. The normalized spacial score (nSPS) is 34.9. The first-order chi connectivity index (χ1) is 7.34. The molecule has 0 spiro atoms. The summed E-state index contributed by atoms with van der Waals surface area (Å²) in [6.45, 7) is 2.42. The monoisotopic (exact) mass is 265 g/mol. The smallest absolute Gasteiger partial charge is 0.0342 e. The number of benzene rings is 1. The van der Waals surface area contributed by atoms with Crippen molar-refractivity contribution >= 4 is 15.9 Å². The molecule has 3 unspecified atom stereocenters. The van der Waals surface area contributed by atoms with Crippen LogP contribution in [0.3, 0.4) is 0 Å². The van der Waals surface area contributed by atoms with Crippen molar-refractivity contribution in [3.8, 4) is 0 Å². The molecule has 1 heterocycles. The van der Waals surface area contributed by atoms with E-state index in [4.69, 9.17) is 0 Å². The number of alkyl halides is 1. The minimum Gasteiger partial charge on any atom is -0.295 e. The van der Waals surface area contributed by atoms with Crippen molar-refractivity contribution in [2.24, 2.45) is 5.92 Å². The van der Waals surface area contributed by atoms with Gasteiger partial charge < -0.3 is 0 Å². The van der Waals surface area contributed by atoms with E-state index in [1.165, 1.54) is 24.9 Å². The predicted octanol–water partition coefficient (Wildman–Crippen LogP) is 3.04. The Bertz CT molecular complexity index is 338.